The third-order valence-electron chi connectivity index (χ3n) is 11.3. The number of fused-ring (bicyclic) bond motifs is 4. The van der Waals surface area contributed by atoms with Crippen LogP contribution in [0.2, 0.25) is 0 Å². The van der Waals surface area contributed by atoms with E-state index >= 15 is 0 Å². The van der Waals surface area contributed by atoms with Crippen molar-refractivity contribution in [3.8, 4) is 56.2 Å². The van der Waals surface area contributed by atoms with Gasteiger partial charge in [-0.2, -0.15) is 0 Å². The Bertz CT molecular complexity index is 2850. The summed E-state index contributed by atoms with van der Waals surface area (Å²) in [7, 11) is 3.66. The minimum Gasteiger partial charge on any atom is -0.295 e. The number of hydrogen-bond donors (Lipinski definition) is 0. The Morgan fingerprint density at radius 1 is 0.436 bits per heavy atom. The van der Waals surface area contributed by atoms with Gasteiger partial charge in [-0.1, -0.05) is 158 Å². The van der Waals surface area contributed by atoms with Gasteiger partial charge in [0.1, 0.15) is 0 Å². The molecule has 0 fully saturated rings. The maximum Gasteiger partial charge on any atom is 0.328 e. The lowest BCUT2D eigenvalue weighted by atomic mass is 9.67. The molecule has 0 bridgehead atoms. The summed E-state index contributed by atoms with van der Waals surface area (Å²) in [4.78, 5) is 23.3. The van der Waals surface area contributed by atoms with E-state index in [1.807, 2.05) is 38.4 Å². The highest BCUT2D eigenvalue weighted by Gasteiger charge is 2.47. The smallest absolute Gasteiger partial charge is 0.295 e. The first-order valence-electron chi connectivity index (χ1n) is 18.6. The molecule has 10 rings (SSSR count). The Balaban J connectivity index is 1.28. The molecule has 9 aromatic rings. The van der Waals surface area contributed by atoms with E-state index in [2.05, 4.69) is 158 Å². The first kappa shape index (κ1) is 32.5. The molecule has 0 unspecified atom stereocenters. The fourth-order valence-electron chi connectivity index (χ4n) is 8.68. The lowest BCUT2D eigenvalue weighted by Gasteiger charge is -2.34. The van der Waals surface area contributed by atoms with Crippen molar-refractivity contribution in [1.29, 1.82) is 0 Å². The standard InChI is InChI=1S/C50H36N4O/c1-53-45-29-27-36(31-46(45)54(2)49(53)55)35-26-28-39-42(30-35)50(37-20-11-5-12-21-37,38-22-13-6-14-23-38)41-25-15-24-40(47(39)41)44-32-43(33-16-7-3-8-17-33)51-48(52-44)34-18-9-4-10-19-34/h3-32H,1-2H3. The molecule has 0 saturated carbocycles. The fraction of sp³-hybridized carbons (Fsp3) is 0.0600. The second-order valence-corrected chi connectivity index (χ2v) is 14.3. The van der Waals surface area contributed by atoms with Crippen molar-refractivity contribution in [2.45, 2.75) is 5.41 Å². The van der Waals surface area contributed by atoms with Crippen LogP contribution < -0.4 is 5.69 Å². The molecule has 0 aliphatic heterocycles. The van der Waals surface area contributed by atoms with Gasteiger partial charge < -0.3 is 0 Å². The van der Waals surface area contributed by atoms with Crippen LogP contribution in [0.25, 0.3) is 67.2 Å². The Kier molecular flexibility index (Phi) is 7.56. The molecule has 1 aliphatic rings. The first-order valence-corrected chi connectivity index (χ1v) is 18.6. The summed E-state index contributed by atoms with van der Waals surface area (Å²) in [6.07, 6.45) is 0. The summed E-state index contributed by atoms with van der Waals surface area (Å²) in [5.74, 6) is 0.686. The number of benzene rings is 7. The Morgan fingerprint density at radius 3 is 1.67 bits per heavy atom. The maximum absolute atomic E-state index is 12.9. The molecule has 0 spiro atoms. The predicted molar refractivity (Wildman–Crippen MR) is 223 cm³/mol. The quantitative estimate of drug-likeness (QED) is 0.173. The van der Waals surface area contributed by atoms with E-state index in [0.29, 0.717) is 5.82 Å². The van der Waals surface area contributed by atoms with Crippen LogP contribution in [-0.4, -0.2) is 19.1 Å². The summed E-state index contributed by atoms with van der Waals surface area (Å²) < 4.78 is 3.43. The van der Waals surface area contributed by atoms with E-state index in [1.54, 1.807) is 9.13 Å². The van der Waals surface area contributed by atoms with Gasteiger partial charge in [0.15, 0.2) is 5.82 Å². The molecule has 2 heterocycles. The van der Waals surface area contributed by atoms with Crippen molar-refractivity contribution in [2.24, 2.45) is 14.1 Å². The van der Waals surface area contributed by atoms with Gasteiger partial charge in [-0.05, 0) is 68.8 Å². The predicted octanol–water partition coefficient (Wildman–Crippen LogP) is 10.7. The van der Waals surface area contributed by atoms with E-state index in [1.165, 1.54) is 22.3 Å². The molecule has 0 saturated heterocycles. The Hall–Kier alpha value is -7.11. The van der Waals surface area contributed by atoms with Crippen LogP contribution in [-0.2, 0) is 19.5 Å². The largest absolute Gasteiger partial charge is 0.328 e. The van der Waals surface area contributed by atoms with Crippen LogP contribution in [0.1, 0.15) is 22.3 Å². The molecule has 55 heavy (non-hydrogen) atoms. The average molecular weight is 709 g/mol. The van der Waals surface area contributed by atoms with Crippen molar-refractivity contribution in [2.75, 3.05) is 0 Å². The highest BCUT2D eigenvalue weighted by atomic mass is 16.1. The number of hydrogen-bond acceptors (Lipinski definition) is 3. The number of rotatable bonds is 6. The molecule has 0 atom stereocenters. The molecule has 2 aromatic heterocycles. The van der Waals surface area contributed by atoms with E-state index in [9.17, 15) is 4.79 Å². The number of imidazole rings is 1. The topological polar surface area (TPSA) is 52.7 Å². The van der Waals surface area contributed by atoms with Crippen molar-refractivity contribution >= 4 is 11.0 Å². The van der Waals surface area contributed by atoms with Crippen LogP contribution in [0, 0.1) is 0 Å². The van der Waals surface area contributed by atoms with Gasteiger partial charge in [-0.3, -0.25) is 9.13 Å². The van der Waals surface area contributed by atoms with Crippen LogP contribution in [0.5, 0.6) is 0 Å². The van der Waals surface area contributed by atoms with Crippen molar-refractivity contribution < 1.29 is 0 Å². The van der Waals surface area contributed by atoms with Gasteiger partial charge in [0.25, 0.3) is 0 Å². The van der Waals surface area contributed by atoms with Gasteiger partial charge in [-0.15, -0.1) is 0 Å². The van der Waals surface area contributed by atoms with Crippen LogP contribution in [0.4, 0.5) is 0 Å². The zero-order valence-corrected chi connectivity index (χ0v) is 30.5. The van der Waals surface area contributed by atoms with Gasteiger partial charge in [0.05, 0.1) is 27.8 Å². The van der Waals surface area contributed by atoms with Crippen LogP contribution >= 0.6 is 0 Å². The number of aryl methyl sites for hydroxylation is 2. The first-order chi connectivity index (χ1) is 27.0. The van der Waals surface area contributed by atoms with Crippen LogP contribution in [0.15, 0.2) is 187 Å². The molecule has 5 nitrogen and oxygen atoms in total. The molecule has 0 N–H and O–H groups in total. The van der Waals surface area contributed by atoms with Gasteiger partial charge in [0.2, 0.25) is 0 Å². The third-order valence-corrected chi connectivity index (χ3v) is 11.3. The monoisotopic (exact) mass is 708 g/mol. The number of nitrogens with zero attached hydrogens (tertiary/aromatic N) is 4. The zero-order valence-electron chi connectivity index (χ0n) is 30.5. The summed E-state index contributed by atoms with van der Waals surface area (Å²) >= 11 is 0. The third kappa shape index (κ3) is 5.04. The van der Waals surface area contributed by atoms with Gasteiger partial charge >= 0.3 is 5.69 Å². The molecule has 5 heteroatoms. The maximum atomic E-state index is 12.9. The highest BCUT2D eigenvalue weighted by molar-refractivity contribution is 5.97. The van der Waals surface area contributed by atoms with E-state index in [0.717, 1.165) is 61.4 Å². The van der Waals surface area contributed by atoms with E-state index in [4.69, 9.17) is 9.97 Å². The molecule has 0 radical (unpaired) electrons. The molecular weight excluding hydrogens is 673 g/mol. The normalized spacial score (nSPS) is 12.8. The molecule has 0 amide bonds. The lowest BCUT2D eigenvalue weighted by Crippen LogP contribution is -2.28. The summed E-state index contributed by atoms with van der Waals surface area (Å²) in [6.45, 7) is 0. The second-order valence-electron chi connectivity index (χ2n) is 14.3. The molecule has 1 aliphatic carbocycles. The lowest BCUT2D eigenvalue weighted by molar-refractivity contribution is 0.769. The summed E-state index contributed by atoms with van der Waals surface area (Å²) in [5, 5.41) is 0. The SMILES string of the molecule is Cn1c(=O)n(C)c2cc(-c3ccc4c(c3)C(c3ccccc3)(c3ccccc3)c3cccc(-c5cc(-c6ccccc6)nc(-c6ccccc6)n5)c3-4)ccc21. The molecular formula is C50H36N4O. The minimum atomic E-state index is -0.625. The molecule has 262 valence electrons. The van der Waals surface area contributed by atoms with Crippen molar-refractivity contribution in [1.82, 2.24) is 19.1 Å². The fourth-order valence-corrected chi connectivity index (χ4v) is 8.68. The van der Waals surface area contributed by atoms with Crippen molar-refractivity contribution in [3.63, 3.8) is 0 Å². The minimum absolute atomic E-state index is 0.0354. The molecule has 7 aromatic carbocycles. The highest BCUT2D eigenvalue weighted by Crippen LogP contribution is 2.59. The van der Waals surface area contributed by atoms with E-state index < -0.39 is 5.41 Å². The zero-order chi connectivity index (χ0) is 37.1. The second kappa shape index (κ2) is 12.8. The Labute approximate surface area is 319 Å². The summed E-state index contributed by atoms with van der Waals surface area (Å²) in [5.41, 5.74) is 15.2. The van der Waals surface area contributed by atoms with Crippen LogP contribution in [0.3, 0.4) is 0 Å². The average Bonchev–Trinajstić information content (AvgIpc) is 3.68. The Morgan fingerprint density at radius 2 is 1.00 bits per heavy atom. The van der Waals surface area contributed by atoms with Gasteiger partial charge in [-0.25, -0.2) is 14.8 Å². The number of aromatic nitrogens is 4. The van der Waals surface area contributed by atoms with Gasteiger partial charge in [0, 0.05) is 30.8 Å². The van der Waals surface area contributed by atoms with Crippen molar-refractivity contribution in [3.05, 3.63) is 215 Å². The summed E-state index contributed by atoms with van der Waals surface area (Å²) in [6, 6.07) is 64.3. The van der Waals surface area contributed by atoms with E-state index in [-0.39, 0.29) is 5.69 Å².